The number of rotatable bonds is 5. The van der Waals surface area contributed by atoms with Crippen molar-refractivity contribution in [1.82, 2.24) is 4.57 Å². The number of oxime groups is 1. The van der Waals surface area contributed by atoms with Crippen molar-refractivity contribution in [2.75, 3.05) is 13.2 Å². The molecule has 96 valence electrons. The molecule has 0 saturated carbocycles. The van der Waals surface area contributed by atoms with Gasteiger partial charge in [0.2, 0.25) is 0 Å². The molecule has 0 bridgehead atoms. The van der Waals surface area contributed by atoms with Gasteiger partial charge in [0.25, 0.3) is 0 Å². The molecule has 0 aliphatic heterocycles. The number of halogens is 3. The summed E-state index contributed by atoms with van der Waals surface area (Å²) >= 11 is 0. The standard InChI is InChI=1S/C9H12F3N3O2/c10-9(11,12)6-17-5-4-15-3-1-2-7(15)8(13)14-16/h1-3,16H,4-6H2,(H2,13,14). The minimum absolute atomic E-state index is 0.106. The fourth-order valence-electron chi connectivity index (χ4n) is 1.24. The Hall–Kier alpha value is -1.70. The molecular weight excluding hydrogens is 239 g/mol. The van der Waals surface area contributed by atoms with E-state index in [1.165, 1.54) is 4.57 Å². The van der Waals surface area contributed by atoms with Gasteiger partial charge < -0.3 is 20.2 Å². The van der Waals surface area contributed by atoms with Gasteiger partial charge in [-0.15, -0.1) is 0 Å². The topological polar surface area (TPSA) is 72.8 Å². The first kappa shape index (κ1) is 13.4. The highest BCUT2D eigenvalue weighted by atomic mass is 19.4. The fraction of sp³-hybridized carbons (Fsp3) is 0.444. The first-order valence-corrected chi connectivity index (χ1v) is 4.71. The van der Waals surface area contributed by atoms with Crippen LogP contribution in [0.15, 0.2) is 23.5 Å². The molecule has 1 rings (SSSR count). The zero-order valence-electron chi connectivity index (χ0n) is 8.81. The summed E-state index contributed by atoms with van der Waals surface area (Å²) in [7, 11) is 0. The first-order valence-electron chi connectivity index (χ1n) is 4.71. The molecule has 0 fully saturated rings. The van der Waals surface area contributed by atoms with Crippen molar-refractivity contribution >= 4 is 5.84 Å². The Bertz CT molecular complexity index is 387. The van der Waals surface area contributed by atoms with Crippen molar-refractivity contribution in [2.24, 2.45) is 10.9 Å². The molecule has 17 heavy (non-hydrogen) atoms. The SMILES string of the molecule is N/C(=N/O)c1cccn1CCOCC(F)(F)F. The van der Waals surface area contributed by atoms with E-state index >= 15 is 0 Å². The highest BCUT2D eigenvalue weighted by Crippen LogP contribution is 2.14. The lowest BCUT2D eigenvalue weighted by atomic mass is 10.4. The second-order valence-electron chi connectivity index (χ2n) is 3.24. The normalized spacial score (nSPS) is 13.0. The average molecular weight is 251 g/mol. The van der Waals surface area contributed by atoms with Gasteiger partial charge in [-0.2, -0.15) is 13.2 Å². The van der Waals surface area contributed by atoms with Crippen LogP contribution in [0.1, 0.15) is 5.69 Å². The van der Waals surface area contributed by atoms with E-state index in [1.54, 1.807) is 18.3 Å². The summed E-state index contributed by atoms with van der Waals surface area (Å²) in [5.74, 6) is -0.106. The number of ether oxygens (including phenoxy) is 1. The van der Waals surface area contributed by atoms with Crippen LogP contribution in [0, 0.1) is 0 Å². The summed E-state index contributed by atoms with van der Waals surface area (Å²) in [6, 6.07) is 3.22. The zero-order valence-corrected chi connectivity index (χ0v) is 8.81. The van der Waals surface area contributed by atoms with Gasteiger partial charge in [0.15, 0.2) is 5.84 Å². The van der Waals surface area contributed by atoms with Crippen molar-refractivity contribution in [3.8, 4) is 0 Å². The highest BCUT2D eigenvalue weighted by molar-refractivity contribution is 5.95. The molecule has 5 nitrogen and oxygen atoms in total. The van der Waals surface area contributed by atoms with E-state index in [0.717, 1.165) is 0 Å². The van der Waals surface area contributed by atoms with E-state index in [4.69, 9.17) is 10.9 Å². The maximum atomic E-state index is 11.8. The molecule has 0 saturated heterocycles. The van der Waals surface area contributed by atoms with Crippen LogP contribution >= 0.6 is 0 Å². The second-order valence-corrected chi connectivity index (χ2v) is 3.24. The Labute approximate surface area is 95.3 Å². The Morgan fingerprint density at radius 3 is 2.82 bits per heavy atom. The summed E-state index contributed by atoms with van der Waals surface area (Å²) in [4.78, 5) is 0. The van der Waals surface area contributed by atoms with Crippen molar-refractivity contribution in [3.63, 3.8) is 0 Å². The summed E-state index contributed by atoms with van der Waals surface area (Å²) in [5.41, 5.74) is 5.79. The quantitative estimate of drug-likeness (QED) is 0.271. The predicted molar refractivity (Wildman–Crippen MR) is 53.8 cm³/mol. The molecule has 1 aromatic rings. The Morgan fingerprint density at radius 1 is 1.53 bits per heavy atom. The van der Waals surface area contributed by atoms with Gasteiger partial charge in [-0.25, -0.2) is 0 Å². The molecule has 0 aliphatic rings. The van der Waals surface area contributed by atoms with Gasteiger partial charge in [-0.1, -0.05) is 5.16 Å². The minimum Gasteiger partial charge on any atom is -0.409 e. The van der Waals surface area contributed by atoms with Crippen LogP contribution in [0.5, 0.6) is 0 Å². The lowest BCUT2D eigenvalue weighted by Gasteiger charge is -2.10. The summed E-state index contributed by atoms with van der Waals surface area (Å²) in [5, 5.41) is 11.3. The van der Waals surface area contributed by atoms with Gasteiger partial charge in [0, 0.05) is 12.7 Å². The fourth-order valence-corrected chi connectivity index (χ4v) is 1.24. The number of aromatic nitrogens is 1. The molecule has 3 N–H and O–H groups in total. The van der Waals surface area contributed by atoms with Crippen LogP contribution in [0.2, 0.25) is 0 Å². The van der Waals surface area contributed by atoms with Crippen LogP contribution in [0.25, 0.3) is 0 Å². The monoisotopic (exact) mass is 251 g/mol. The number of hydrogen-bond acceptors (Lipinski definition) is 3. The molecule has 0 atom stereocenters. The first-order chi connectivity index (χ1) is 7.94. The van der Waals surface area contributed by atoms with Gasteiger partial charge >= 0.3 is 6.18 Å². The molecule has 0 unspecified atom stereocenters. The van der Waals surface area contributed by atoms with Crippen LogP contribution in [-0.4, -0.2) is 35.0 Å². The predicted octanol–water partition coefficient (Wildman–Crippen LogP) is 1.16. The van der Waals surface area contributed by atoms with Crippen LogP contribution in [-0.2, 0) is 11.3 Å². The lowest BCUT2D eigenvalue weighted by molar-refractivity contribution is -0.174. The molecule has 1 heterocycles. The number of hydrogen-bond donors (Lipinski definition) is 2. The number of amidine groups is 1. The largest absolute Gasteiger partial charge is 0.411 e. The Morgan fingerprint density at radius 2 is 2.24 bits per heavy atom. The number of nitrogens with zero attached hydrogens (tertiary/aromatic N) is 2. The molecular formula is C9H12F3N3O2. The van der Waals surface area contributed by atoms with Crippen molar-refractivity contribution in [3.05, 3.63) is 24.0 Å². The lowest BCUT2D eigenvalue weighted by Crippen LogP contribution is -2.22. The molecule has 0 radical (unpaired) electrons. The maximum absolute atomic E-state index is 11.8. The Balaban J connectivity index is 2.45. The second kappa shape index (κ2) is 5.58. The third-order valence-electron chi connectivity index (χ3n) is 1.94. The van der Waals surface area contributed by atoms with Gasteiger partial charge in [0.05, 0.1) is 12.3 Å². The van der Waals surface area contributed by atoms with E-state index in [-0.39, 0.29) is 19.0 Å². The van der Waals surface area contributed by atoms with Crippen LogP contribution in [0.3, 0.4) is 0 Å². The van der Waals surface area contributed by atoms with Gasteiger partial charge in [0.1, 0.15) is 6.61 Å². The number of nitrogens with two attached hydrogens (primary N) is 1. The zero-order chi connectivity index (χ0) is 12.9. The molecule has 8 heteroatoms. The van der Waals surface area contributed by atoms with E-state index in [1.807, 2.05) is 0 Å². The molecule has 0 amide bonds. The van der Waals surface area contributed by atoms with Crippen LogP contribution in [0.4, 0.5) is 13.2 Å². The third-order valence-corrected chi connectivity index (χ3v) is 1.94. The van der Waals surface area contributed by atoms with Gasteiger partial charge in [-0.05, 0) is 12.1 Å². The average Bonchev–Trinajstić information content (AvgIpc) is 2.70. The van der Waals surface area contributed by atoms with Crippen LogP contribution < -0.4 is 5.73 Å². The van der Waals surface area contributed by atoms with E-state index in [9.17, 15) is 13.2 Å². The molecule has 0 aromatic carbocycles. The third kappa shape index (κ3) is 4.35. The van der Waals surface area contributed by atoms with E-state index in [2.05, 4.69) is 9.89 Å². The summed E-state index contributed by atoms with van der Waals surface area (Å²) < 4.78 is 41.3. The van der Waals surface area contributed by atoms with Gasteiger partial charge in [-0.3, -0.25) is 0 Å². The van der Waals surface area contributed by atoms with E-state index in [0.29, 0.717) is 5.69 Å². The Kier molecular flexibility index (Phi) is 4.38. The maximum Gasteiger partial charge on any atom is 0.411 e. The minimum atomic E-state index is -4.33. The number of alkyl halides is 3. The van der Waals surface area contributed by atoms with E-state index < -0.39 is 12.8 Å². The molecule has 0 spiro atoms. The van der Waals surface area contributed by atoms with Crippen molar-refractivity contribution in [2.45, 2.75) is 12.7 Å². The smallest absolute Gasteiger partial charge is 0.409 e. The highest BCUT2D eigenvalue weighted by Gasteiger charge is 2.27. The summed E-state index contributed by atoms with van der Waals surface area (Å²) in [6.45, 7) is -1.21. The molecule has 0 aliphatic carbocycles. The van der Waals surface area contributed by atoms with Crippen molar-refractivity contribution in [1.29, 1.82) is 0 Å². The molecule has 1 aromatic heterocycles. The van der Waals surface area contributed by atoms with Crippen molar-refractivity contribution < 1.29 is 23.1 Å². The summed E-state index contributed by atoms with van der Waals surface area (Å²) in [6.07, 6.45) is -2.73.